The molecule has 2 nitrogen and oxygen atoms in total. The first-order valence-corrected chi connectivity index (χ1v) is 5.13. The number of hydrogen-bond acceptors (Lipinski definition) is 1. The minimum Gasteiger partial charge on any atom is -0.481 e. The van der Waals surface area contributed by atoms with Crippen LogP contribution in [0.4, 0.5) is 13.2 Å². The van der Waals surface area contributed by atoms with E-state index in [9.17, 15) is 18.0 Å². The molecule has 0 radical (unpaired) electrons. The SMILES string of the molecule is CC(C(=O)O)c1c(Br)cccc1C(F)(F)F. The number of aliphatic carboxylic acids is 1. The molecule has 0 aromatic heterocycles. The van der Waals surface area contributed by atoms with Gasteiger partial charge in [-0.15, -0.1) is 0 Å². The van der Waals surface area contributed by atoms with E-state index in [1.54, 1.807) is 0 Å². The molecule has 0 fully saturated rings. The molecule has 6 heteroatoms. The minimum atomic E-state index is -4.55. The van der Waals surface area contributed by atoms with Crippen molar-refractivity contribution in [2.45, 2.75) is 19.0 Å². The summed E-state index contributed by atoms with van der Waals surface area (Å²) in [7, 11) is 0. The summed E-state index contributed by atoms with van der Waals surface area (Å²) < 4.78 is 38.1. The van der Waals surface area contributed by atoms with Crippen molar-refractivity contribution in [3.63, 3.8) is 0 Å². The van der Waals surface area contributed by atoms with Crippen molar-refractivity contribution >= 4 is 21.9 Å². The Labute approximate surface area is 98.2 Å². The van der Waals surface area contributed by atoms with Gasteiger partial charge < -0.3 is 5.11 Å². The molecule has 88 valence electrons. The highest BCUT2D eigenvalue weighted by atomic mass is 79.9. The Bertz CT molecular complexity index is 415. The molecule has 0 spiro atoms. The van der Waals surface area contributed by atoms with E-state index in [0.717, 1.165) is 6.07 Å². The van der Waals surface area contributed by atoms with Crippen molar-refractivity contribution in [2.75, 3.05) is 0 Å². The van der Waals surface area contributed by atoms with Crippen LogP contribution in [-0.4, -0.2) is 11.1 Å². The molecule has 1 aromatic carbocycles. The van der Waals surface area contributed by atoms with Crippen LogP contribution in [0, 0.1) is 0 Å². The van der Waals surface area contributed by atoms with Gasteiger partial charge in [-0.25, -0.2) is 0 Å². The number of halogens is 4. The van der Waals surface area contributed by atoms with Crippen LogP contribution in [0.1, 0.15) is 24.0 Å². The second kappa shape index (κ2) is 4.45. The van der Waals surface area contributed by atoms with Gasteiger partial charge in [0, 0.05) is 4.47 Å². The molecule has 1 N–H and O–H groups in total. The highest BCUT2D eigenvalue weighted by molar-refractivity contribution is 9.10. The molecular formula is C10H8BrF3O2. The van der Waals surface area contributed by atoms with Crippen molar-refractivity contribution in [3.05, 3.63) is 33.8 Å². The second-order valence-electron chi connectivity index (χ2n) is 3.26. The van der Waals surface area contributed by atoms with E-state index in [2.05, 4.69) is 15.9 Å². The molecule has 1 atom stereocenters. The van der Waals surface area contributed by atoms with Crippen LogP contribution in [0.2, 0.25) is 0 Å². The lowest BCUT2D eigenvalue weighted by atomic mass is 9.95. The summed E-state index contributed by atoms with van der Waals surface area (Å²) in [4.78, 5) is 10.7. The summed E-state index contributed by atoms with van der Waals surface area (Å²) in [6, 6.07) is 3.49. The maximum atomic E-state index is 12.6. The summed E-state index contributed by atoms with van der Waals surface area (Å²) in [5.41, 5.74) is -1.17. The van der Waals surface area contributed by atoms with Crippen LogP contribution in [0.15, 0.2) is 22.7 Å². The lowest BCUT2D eigenvalue weighted by Gasteiger charge is -2.17. The Morgan fingerprint density at radius 1 is 1.44 bits per heavy atom. The fourth-order valence-electron chi connectivity index (χ4n) is 1.35. The predicted molar refractivity (Wildman–Crippen MR) is 55.2 cm³/mol. The molecular weight excluding hydrogens is 289 g/mol. The van der Waals surface area contributed by atoms with Crippen LogP contribution in [0.3, 0.4) is 0 Å². The average Bonchev–Trinajstić information content (AvgIpc) is 2.14. The molecule has 0 heterocycles. The summed E-state index contributed by atoms with van der Waals surface area (Å²) in [5.74, 6) is -2.51. The molecule has 0 aliphatic heterocycles. The van der Waals surface area contributed by atoms with E-state index in [4.69, 9.17) is 5.11 Å². The van der Waals surface area contributed by atoms with Gasteiger partial charge >= 0.3 is 12.1 Å². The number of hydrogen-bond donors (Lipinski definition) is 1. The number of carbonyl (C=O) groups is 1. The first kappa shape index (κ1) is 13.0. The average molecular weight is 297 g/mol. The van der Waals surface area contributed by atoms with Crippen LogP contribution in [0.5, 0.6) is 0 Å². The Morgan fingerprint density at radius 2 is 2.00 bits per heavy atom. The van der Waals surface area contributed by atoms with Gasteiger partial charge in [-0.2, -0.15) is 13.2 Å². The Balaban J connectivity index is 3.41. The molecule has 1 aromatic rings. The highest BCUT2D eigenvalue weighted by Crippen LogP contribution is 2.38. The zero-order chi connectivity index (χ0) is 12.5. The van der Waals surface area contributed by atoms with Gasteiger partial charge in [-0.1, -0.05) is 22.0 Å². The predicted octanol–water partition coefficient (Wildman–Crippen LogP) is 3.66. The van der Waals surface area contributed by atoms with Crippen LogP contribution >= 0.6 is 15.9 Å². The van der Waals surface area contributed by atoms with Gasteiger partial charge in [0.2, 0.25) is 0 Å². The largest absolute Gasteiger partial charge is 0.481 e. The van der Waals surface area contributed by atoms with Crippen LogP contribution < -0.4 is 0 Å². The van der Waals surface area contributed by atoms with Gasteiger partial charge in [-0.05, 0) is 24.6 Å². The highest BCUT2D eigenvalue weighted by Gasteiger charge is 2.36. The number of rotatable bonds is 2. The first-order chi connectivity index (χ1) is 7.25. The van der Waals surface area contributed by atoms with Gasteiger partial charge in [0.1, 0.15) is 0 Å². The van der Waals surface area contributed by atoms with Crippen molar-refractivity contribution in [2.24, 2.45) is 0 Å². The van der Waals surface area contributed by atoms with Crippen molar-refractivity contribution < 1.29 is 23.1 Å². The molecule has 0 amide bonds. The molecule has 1 unspecified atom stereocenters. The third kappa shape index (κ3) is 2.55. The smallest absolute Gasteiger partial charge is 0.416 e. The minimum absolute atomic E-state index is 0.150. The zero-order valence-electron chi connectivity index (χ0n) is 8.18. The first-order valence-electron chi connectivity index (χ1n) is 4.33. The molecule has 0 aliphatic rings. The number of alkyl halides is 3. The van der Waals surface area contributed by atoms with E-state index in [-0.39, 0.29) is 10.0 Å². The Kier molecular flexibility index (Phi) is 3.62. The van der Waals surface area contributed by atoms with Gasteiger partial charge in [0.25, 0.3) is 0 Å². The quantitative estimate of drug-likeness (QED) is 0.904. The monoisotopic (exact) mass is 296 g/mol. The topological polar surface area (TPSA) is 37.3 Å². The second-order valence-corrected chi connectivity index (χ2v) is 4.11. The summed E-state index contributed by atoms with van der Waals surface area (Å²) >= 11 is 2.95. The van der Waals surface area contributed by atoms with E-state index in [0.29, 0.717) is 0 Å². The molecule has 0 aliphatic carbocycles. The third-order valence-electron chi connectivity index (χ3n) is 2.16. The Hall–Kier alpha value is -1.04. The van der Waals surface area contributed by atoms with E-state index in [1.165, 1.54) is 19.1 Å². The number of carboxylic acids is 1. The number of benzene rings is 1. The van der Waals surface area contributed by atoms with Crippen molar-refractivity contribution in [1.82, 2.24) is 0 Å². The van der Waals surface area contributed by atoms with E-state index in [1.807, 2.05) is 0 Å². The normalized spacial score (nSPS) is 13.6. The third-order valence-corrected chi connectivity index (χ3v) is 2.85. The molecule has 0 bridgehead atoms. The van der Waals surface area contributed by atoms with Crippen LogP contribution in [-0.2, 0) is 11.0 Å². The molecule has 0 saturated carbocycles. The zero-order valence-corrected chi connectivity index (χ0v) is 9.76. The fraction of sp³-hybridized carbons (Fsp3) is 0.300. The van der Waals surface area contributed by atoms with Gasteiger partial charge in [-0.3, -0.25) is 4.79 Å². The summed E-state index contributed by atoms with van der Waals surface area (Å²) in [5, 5.41) is 8.76. The molecule has 0 saturated heterocycles. The van der Waals surface area contributed by atoms with E-state index < -0.39 is 23.6 Å². The Morgan fingerprint density at radius 3 is 2.44 bits per heavy atom. The lowest BCUT2D eigenvalue weighted by Crippen LogP contribution is -2.16. The van der Waals surface area contributed by atoms with E-state index >= 15 is 0 Å². The number of carboxylic acid groups (broad SMARTS) is 1. The maximum Gasteiger partial charge on any atom is 0.416 e. The molecule has 16 heavy (non-hydrogen) atoms. The summed E-state index contributed by atoms with van der Waals surface area (Å²) in [6.45, 7) is 1.22. The lowest BCUT2D eigenvalue weighted by molar-refractivity contribution is -0.141. The standard InChI is InChI=1S/C10H8BrF3O2/c1-5(9(15)16)8-6(10(12,13)14)3-2-4-7(8)11/h2-5H,1H3,(H,15,16). The van der Waals surface area contributed by atoms with Gasteiger partial charge in [0.15, 0.2) is 0 Å². The van der Waals surface area contributed by atoms with Crippen molar-refractivity contribution in [1.29, 1.82) is 0 Å². The van der Waals surface area contributed by atoms with Crippen molar-refractivity contribution in [3.8, 4) is 0 Å². The maximum absolute atomic E-state index is 12.6. The summed E-state index contributed by atoms with van der Waals surface area (Å²) in [6.07, 6.45) is -4.55. The fourth-order valence-corrected chi connectivity index (χ4v) is 2.06. The van der Waals surface area contributed by atoms with Gasteiger partial charge in [0.05, 0.1) is 11.5 Å². The van der Waals surface area contributed by atoms with Crippen LogP contribution in [0.25, 0.3) is 0 Å². The molecule has 1 rings (SSSR count).